The third kappa shape index (κ3) is 2.74. The predicted octanol–water partition coefficient (Wildman–Crippen LogP) is 1.78. The second-order valence-corrected chi connectivity index (χ2v) is 6.31. The molecule has 0 radical (unpaired) electrons. The van der Waals surface area contributed by atoms with Crippen molar-refractivity contribution in [1.82, 2.24) is 10.9 Å². The summed E-state index contributed by atoms with van der Waals surface area (Å²) in [6, 6.07) is 10.1. The summed E-state index contributed by atoms with van der Waals surface area (Å²) in [6.07, 6.45) is -0.556. The largest absolute Gasteiger partial charge is 0.508 e. The number of urea groups is 1. The van der Waals surface area contributed by atoms with Crippen molar-refractivity contribution >= 4 is 6.03 Å². The van der Waals surface area contributed by atoms with E-state index in [0.717, 1.165) is 11.1 Å². The van der Waals surface area contributed by atoms with Crippen molar-refractivity contribution in [2.75, 3.05) is 6.79 Å². The number of carbonyl (C=O) groups excluding carboxylic acids is 1. The highest BCUT2D eigenvalue weighted by Gasteiger charge is 2.39. The number of para-hydroxylation sites is 1. The van der Waals surface area contributed by atoms with Crippen LogP contribution in [0.4, 0.5) is 4.79 Å². The number of nitrogens with one attached hydrogen (secondary N) is 2. The topological polar surface area (TPSA) is 115 Å². The minimum Gasteiger partial charge on any atom is -0.508 e. The number of benzene rings is 2. The molecule has 0 saturated heterocycles. The van der Waals surface area contributed by atoms with Gasteiger partial charge >= 0.3 is 6.03 Å². The van der Waals surface area contributed by atoms with Crippen molar-refractivity contribution in [3.05, 3.63) is 47.5 Å². The number of amides is 2. The predicted molar refractivity (Wildman–Crippen MR) is 91.9 cm³/mol. The monoisotopic (exact) mass is 357 g/mol. The zero-order valence-corrected chi connectivity index (χ0v) is 14.1. The first-order valence-electron chi connectivity index (χ1n) is 8.23. The van der Waals surface area contributed by atoms with Gasteiger partial charge in [-0.2, -0.15) is 5.43 Å². The maximum absolute atomic E-state index is 11.1. The van der Waals surface area contributed by atoms with E-state index in [9.17, 15) is 9.90 Å². The molecule has 2 aliphatic heterocycles. The number of hydrazine groups is 1. The van der Waals surface area contributed by atoms with Gasteiger partial charge in [0.1, 0.15) is 11.5 Å². The molecule has 4 rings (SSSR count). The number of hydrogen-bond acceptors (Lipinski definition) is 6. The molecule has 2 aliphatic rings. The van der Waals surface area contributed by atoms with E-state index in [1.807, 2.05) is 25.1 Å². The second kappa shape index (κ2) is 6.30. The third-order valence-electron chi connectivity index (χ3n) is 4.71. The van der Waals surface area contributed by atoms with Gasteiger partial charge in [0.15, 0.2) is 17.7 Å². The number of aromatic hydroxyl groups is 1. The number of hydrogen-bond donors (Lipinski definition) is 4. The van der Waals surface area contributed by atoms with Gasteiger partial charge in [-0.3, -0.25) is 5.43 Å². The molecule has 2 aromatic carbocycles. The van der Waals surface area contributed by atoms with Crippen LogP contribution in [0, 0.1) is 5.92 Å². The molecule has 5 N–H and O–H groups in total. The zero-order chi connectivity index (χ0) is 18.3. The van der Waals surface area contributed by atoms with Gasteiger partial charge in [-0.25, -0.2) is 4.79 Å². The number of carbonyl (C=O) groups is 1. The number of ether oxygens (including phenoxy) is 3. The molecule has 26 heavy (non-hydrogen) atoms. The van der Waals surface area contributed by atoms with E-state index in [2.05, 4.69) is 10.9 Å². The highest BCUT2D eigenvalue weighted by molar-refractivity contribution is 5.71. The number of fused-ring (bicyclic) bond motifs is 2. The first kappa shape index (κ1) is 16.3. The summed E-state index contributed by atoms with van der Waals surface area (Å²) in [5, 5.41) is 10.4. The molecule has 0 fully saturated rings. The van der Waals surface area contributed by atoms with Crippen LogP contribution in [0.5, 0.6) is 23.0 Å². The molecule has 0 aromatic heterocycles. The lowest BCUT2D eigenvalue weighted by Crippen LogP contribution is -2.54. The molecule has 2 heterocycles. The van der Waals surface area contributed by atoms with Crippen LogP contribution in [0.3, 0.4) is 0 Å². The van der Waals surface area contributed by atoms with Gasteiger partial charge in [-0.15, -0.1) is 0 Å². The Labute approximate surface area is 149 Å². The number of phenolic OH excluding ortho intramolecular Hbond substituents is 1. The fourth-order valence-electron chi connectivity index (χ4n) is 3.49. The van der Waals surface area contributed by atoms with Gasteiger partial charge in [-0.1, -0.05) is 25.1 Å². The number of nitrogens with two attached hydrogens (primary N) is 1. The molecule has 136 valence electrons. The Bertz CT molecular complexity index is 857. The smallest absolute Gasteiger partial charge is 0.326 e. The molecule has 0 spiro atoms. The van der Waals surface area contributed by atoms with Crippen LogP contribution in [-0.2, 0) is 0 Å². The van der Waals surface area contributed by atoms with E-state index in [1.54, 1.807) is 18.2 Å². The van der Waals surface area contributed by atoms with E-state index >= 15 is 0 Å². The van der Waals surface area contributed by atoms with E-state index in [0.29, 0.717) is 17.2 Å². The SMILES string of the molecule is CC1C(NNC(N)=O)Oc2cc3c(cc2C1c1ccccc1O)OCO3. The summed E-state index contributed by atoms with van der Waals surface area (Å²) in [5.74, 6) is 1.68. The Balaban J connectivity index is 1.80. The molecule has 0 saturated carbocycles. The molecular weight excluding hydrogens is 338 g/mol. The Morgan fingerprint density at radius 3 is 2.62 bits per heavy atom. The van der Waals surface area contributed by atoms with Crippen LogP contribution in [0.2, 0.25) is 0 Å². The zero-order valence-electron chi connectivity index (χ0n) is 14.1. The van der Waals surface area contributed by atoms with Crippen LogP contribution in [0.25, 0.3) is 0 Å². The highest BCUT2D eigenvalue weighted by atomic mass is 16.7. The van der Waals surface area contributed by atoms with Gasteiger partial charge in [-0.05, 0) is 12.1 Å². The van der Waals surface area contributed by atoms with Crippen LogP contribution < -0.4 is 30.8 Å². The summed E-state index contributed by atoms with van der Waals surface area (Å²) in [5.41, 5.74) is 11.9. The van der Waals surface area contributed by atoms with Gasteiger partial charge in [0.2, 0.25) is 6.79 Å². The molecule has 0 aliphatic carbocycles. The standard InChI is InChI=1S/C18H19N3O5/c1-9-16(10-4-2-3-5-12(10)22)11-6-14-15(25-8-24-14)7-13(11)26-17(9)20-21-18(19)23/h2-7,9,16-17,20,22H,8H2,1H3,(H3,19,21,23). The van der Waals surface area contributed by atoms with E-state index in [1.165, 1.54) is 0 Å². The van der Waals surface area contributed by atoms with E-state index < -0.39 is 12.3 Å². The lowest BCUT2D eigenvalue weighted by molar-refractivity contribution is 0.0688. The van der Waals surface area contributed by atoms with Crippen LogP contribution in [0.1, 0.15) is 24.0 Å². The first-order valence-corrected chi connectivity index (χ1v) is 8.23. The van der Waals surface area contributed by atoms with E-state index in [4.69, 9.17) is 19.9 Å². The normalized spacial score (nSPS) is 23.0. The molecule has 2 amide bonds. The summed E-state index contributed by atoms with van der Waals surface area (Å²) in [6.45, 7) is 2.12. The minimum atomic E-state index is -0.712. The average molecular weight is 357 g/mol. The highest BCUT2D eigenvalue weighted by Crippen LogP contribution is 2.50. The van der Waals surface area contributed by atoms with Gasteiger partial charge < -0.3 is 25.1 Å². The Morgan fingerprint density at radius 1 is 1.15 bits per heavy atom. The summed E-state index contributed by atoms with van der Waals surface area (Å²) in [4.78, 5) is 11.1. The number of rotatable bonds is 3. The minimum absolute atomic E-state index is 0.136. The summed E-state index contributed by atoms with van der Waals surface area (Å²) >= 11 is 0. The number of primary amides is 1. The van der Waals surface area contributed by atoms with Crippen molar-refractivity contribution in [2.24, 2.45) is 11.7 Å². The van der Waals surface area contributed by atoms with Crippen molar-refractivity contribution in [1.29, 1.82) is 0 Å². The second-order valence-electron chi connectivity index (χ2n) is 6.31. The van der Waals surface area contributed by atoms with Gasteiger partial charge in [0.25, 0.3) is 0 Å². The van der Waals surface area contributed by atoms with Gasteiger partial charge in [0.05, 0.1) is 0 Å². The molecule has 0 bridgehead atoms. The lowest BCUT2D eigenvalue weighted by atomic mass is 9.78. The number of phenols is 1. The maximum atomic E-state index is 11.1. The maximum Gasteiger partial charge on any atom is 0.326 e. The lowest BCUT2D eigenvalue weighted by Gasteiger charge is -2.38. The first-order chi connectivity index (χ1) is 12.5. The molecule has 3 unspecified atom stereocenters. The van der Waals surface area contributed by atoms with Crippen molar-refractivity contribution in [3.8, 4) is 23.0 Å². The molecule has 8 heteroatoms. The Hall–Kier alpha value is -3.13. The fourth-order valence-corrected chi connectivity index (χ4v) is 3.49. The molecular formula is C18H19N3O5. The molecule has 2 aromatic rings. The average Bonchev–Trinajstić information content (AvgIpc) is 3.06. The van der Waals surface area contributed by atoms with E-state index in [-0.39, 0.29) is 24.4 Å². The van der Waals surface area contributed by atoms with Gasteiger partial charge in [0, 0.05) is 29.0 Å². The third-order valence-corrected chi connectivity index (χ3v) is 4.71. The van der Waals surface area contributed by atoms with Crippen LogP contribution >= 0.6 is 0 Å². The summed E-state index contributed by atoms with van der Waals surface area (Å²) < 4.78 is 16.9. The van der Waals surface area contributed by atoms with Crippen molar-refractivity contribution in [3.63, 3.8) is 0 Å². The fraction of sp³-hybridized carbons (Fsp3) is 0.278. The quantitative estimate of drug-likeness (QED) is 0.623. The Kier molecular flexibility index (Phi) is 3.96. The molecule has 8 nitrogen and oxygen atoms in total. The summed E-state index contributed by atoms with van der Waals surface area (Å²) in [7, 11) is 0. The van der Waals surface area contributed by atoms with Crippen molar-refractivity contribution in [2.45, 2.75) is 19.1 Å². The van der Waals surface area contributed by atoms with Crippen LogP contribution in [0.15, 0.2) is 36.4 Å². The van der Waals surface area contributed by atoms with Crippen molar-refractivity contribution < 1.29 is 24.1 Å². The molecule has 3 atom stereocenters. The van der Waals surface area contributed by atoms with Crippen LogP contribution in [-0.4, -0.2) is 24.2 Å². The Morgan fingerprint density at radius 2 is 1.88 bits per heavy atom.